The summed E-state index contributed by atoms with van der Waals surface area (Å²) >= 11 is 0. The maximum atomic E-state index is 13.4. The van der Waals surface area contributed by atoms with E-state index in [9.17, 15) is 18.6 Å². The minimum Gasteiger partial charge on any atom is -0.493 e. The minimum atomic E-state index is -4.17. The van der Waals surface area contributed by atoms with Gasteiger partial charge in [-0.15, -0.1) is 0 Å². The molecule has 1 fully saturated rings. The molecule has 1 aliphatic rings. The van der Waals surface area contributed by atoms with E-state index < -0.39 is 13.6 Å². The summed E-state index contributed by atoms with van der Waals surface area (Å²) in [6, 6.07) is 10.9. The number of phosphoric ester groups is 1. The highest BCUT2D eigenvalue weighted by Gasteiger charge is 2.32. The van der Waals surface area contributed by atoms with Gasteiger partial charge in [-0.3, -0.25) is 14.4 Å². The molecule has 2 aromatic heterocycles. The number of benzene rings is 2. The second-order valence-electron chi connectivity index (χ2n) is 10.3. The number of nitrogens with one attached hydrogen (secondary N) is 3. The van der Waals surface area contributed by atoms with Gasteiger partial charge in [0.1, 0.15) is 18.0 Å². The molecule has 4 N–H and O–H groups in total. The van der Waals surface area contributed by atoms with Crippen LogP contribution in [0, 0.1) is 5.82 Å². The molecule has 0 radical (unpaired) electrons. The van der Waals surface area contributed by atoms with Crippen molar-refractivity contribution in [3.63, 3.8) is 0 Å². The van der Waals surface area contributed by atoms with Crippen molar-refractivity contribution in [3.8, 4) is 11.5 Å². The maximum absolute atomic E-state index is 13.4. The van der Waals surface area contributed by atoms with Gasteiger partial charge in [0.25, 0.3) is 0 Å². The highest BCUT2D eigenvalue weighted by molar-refractivity contribution is 7.47. The van der Waals surface area contributed by atoms with Gasteiger partial charge in [-0.2, -0.15) is 14.8 Å². The van der Waals surface area contributed by atoms with E-state index in [0.29, 0.717) is 58.4 Å². The van der Waals surface area contributed by atoms with Gasteiger partial charge in [0, 0.05) is 41.5 Å². The van der Waals surface area contributed by atoms with Crippen LogP contribution in [0.15, 0.2) is 48.8 Å². The summed E-state index contributed by atoms with van der Waals surface area (Å²) in [6.07, 6.45) is 4.72. The number of phosphoric acid groups is 1. The van der Waals surface area contributed by atoms with E-state index in [4.69, 9.17) is 18.6 Å². The Morgan fingerprint density at radius 1 is 1.20 bits per heavy atom. The van der Waals surface area contributed by atoms with Crippen molar-refractivity contribution in [2.45, 2.75) is 45.1 Å². The topological polar surface area (TPSA) is 173 Å². The lowest BCUT2D eigenvalue weighted by Gasteiger charge is -2.36. The number of halogens is 1. The number of nitrogens with zero attached hydrogens (tertiary/aromatic N) is 4. The number of H-pyrrole nitrogens is 1. The summed E-state index contributed by atoms with van der Waals surface area (Å²) in [6.45, 7) is 2.37. The van der Waals surface area contributed by atoms with Crippen molar-refractivity contribution in [2.75, 3.05) is 37.5 Å². The molecule has 2 heterocycles. The molecule has 45 heavy (non-hydrogen) atoms. The molecule has 4 aromatic rings. The summed E-state index contributed by atoms with van der Waals surface area (Å²) in [4.78, 5) is 31.1. The first-order chi connectivity index (χ1) is 21.7. The SMILES string of the molecule is CCOP(=O)(O)ON(CCCOc1cc2ncnc(Nc3cc(CC(=O)Nc4cccc(F)c4)[nH]n3)c2cc1OC)C1CCC1. The number of fused-ring (bicyclic) bond motifs is 1. The fourth-order valence-electron chi connectivity index (χ4n) is 4.70. The molecule has 0 aliphatic heterocycles. The molecule has 1 amide bonds. The standard InChI is InChI=1S/C29H35FN7O7P/c1-3-43-45(39,40)44-37(22-9-5-10-22)11-6-12-42-26-17-24-23(16-25(26)41-2)29(32-18-31-24)34-27-14-21(35-36-27)15-28(38)33-20-8-4-7-19(30)13-20/h4,7-8,13-14,16-18,22H,3,5-6,9-12,15H2,1-2H3,(H,33,38)(H,39,40)(H2,31,32,34,35,36). The van der Waals surface area contributed by atoms with Gasteiger partial charge in [0.15, 0.2) is 17.3 Å². The number of aromatic nitrogens is 4. The number of anilines is 3. The lowest BCUT2D eigenvalue weighted by molar-refractivity contribution is -0.138. The summed E-state index contributed by atoms with van der Waals surface area (Å²) in [5, 5.41) is 15.0. The molecular weight excluding hydrogens is 608 g/mol. The van der Waals surface area contributed by atoms with Crippen LogP contribution in [0.25, 0.3) is 10.9 Å². The molecule has 0 bridgehead atoms. The maximum Gasteiger partial charge on any atom is 0.489 e. The lowest BCUT2D eigenvalue weighted by Crippen LogP contribution is -2.40. The predicted octanol–water partition coefficient (Wildman–Crippen LogP) is 5.12. The van der Waals surface area contributed by atoms with Crippen LogP contribution in [0.3, 0.4) is 0 Å². The zero-order valence-electron chi connectivity index (χ0n) is 24.9. The first kappa shape index (κ1) is 32.3. The van der Waals surface area contributed by atoms with Crippen molar-refractivity contribution < 1.29 is 37.3 Å². The Kier molecular flexibility index (Phi) is 10.6. The van der Waals surface area contributed by atoms with E-state index in [-0.39, 0.29) is 31.6 Å². The fourth-order valence-corrected chi connectivity index (χ4v) is 5.56. The number of ether oxygens (including phenoxy) is 2. The number of hydrogen-bond acceptors (Lipinski definition) is 11. The molecule has 240 valence electrons. The Hall–Kier alpha value is -4.14. The Labute approximate surface area is 258 Å². The summed E-state index contributed by atoms with van der Waals surface area (Å²) in [7, 11) is -2.64. The normalized spacial score (nSPS) is 14.6. The molecule has 14 nitrogen and oxygen atoms in total. The van der Waals surface area contributed by atoms with Crippen LogP contribution in [0.2, 0.25) is 0 Å². The van der Waals surface area contributed by atoms with Crippen LogP contribution in [-0.4, -0.2) is 68.9 Å². The van der Waals surface area contributed by atoms with Crippen LogP contribution in [0.4, 0.5) is 21.7 Å². The molecular formula is C29H35FN7O7P. The van der Waals surface area contributed by atoms with Gasteiger partial charge in [-0.1, -0.05) is 12.5 Å². The van der Waals surface area contributed by atoms with Gasteiger partial charge < -0.3 is 25.0 Å². The second kappa shape index (κ2) is 14.8. The number of hydrogen-bond donors (Lipinski definition) is 4. The van der Waals surface area contributed by atoms with Crippen molar-refractivity contribution in [2.24, 2.45) is 0 Å². The first-order valence-corrected chi connectivity index (χ1v) is 16.0. The van der Waals surface area contributed by atoms with E-state index in [1.165, 1.54) is 36.7 Å². The van der Waals surface area contributed by atoms with Crippen molar-refractivity contribution in [1.29, 1.82) is 0 Å². The fraction of sp³-hybridized carbons (Fsp3) is 0.379. The van der Waals surface area contributed by atoms with E-state index in [2.05, 4.69) is 30.8 Å². The third-order valence-corrected chi connectivity index (χ3v) is 8.02. The number of carbonyl (C=O) groups is 1. The van der Waals surface area contributed by atoms with Crippen LogP contribution in [-0.2, 0) is 24.9 Å². The summed E-state index contributed by atoms with van der Waals surface area (Å²) < 4.78 is 47.4. The number of rotatable bonds is 16. The monoisotopic (exact) mass is 643 g/mol. The number of amides is 1. The zero-order valence-corrected chi connectivity index (χ0v) is 25.8. The first-order valence-electron chi connectivity index (χ1n) is 14.5. The van der Waals surface area contributed by atoms with Crippen LogP contribution < -0.4 is 20.1 Å². The molecule has 5 rings (SSSR count). The predicted molar refractivity (Wildman–Crippen MR) is 164 cm³/mol. The van der Waals surface area contributed by atoms with Gasteiger partial charge >= 0.3 is 7.82 Å². The Bertz CT molecular complexity index is 1670. The van der Waals surface area contributed by atoms with Crippen LogP contribution in [0.1, 0.15) is 38.3 Å². The van der Waals surface area contributed by atoms with E-state index in [1.807, 2.05) is 0 Å². The smallest absolute Gasteiger partial charge is 0.489 e. The highest BCUT2D eigenvalue weighted by atomic mass is 31.2. The molecule has 1 unspecified atom stereocenters. The Balaban J connectivity index is 1.20. The number of aromatic amines is 1. The molecule has 0 spiro atoms. The van der Waals surface area contributed by atoms with Gasteiger partial charge in [-0.05, 0) is 50.5 Å². The average Bonchev–Trinajstić information content (AvgIpc) is 3.40. The molecule has 1 aliphatic carbocycles. The van der Waals surface area contributed by atoms with Crippen LogP contribution >= 0.6 is 7.82 Å². The van der Waals surface area contributed by atoms with Gasteiger partial charge in [0.05, 0.1) is 32.3 Å². The van der Waals surface area contributed by atoms with Crippen molar-refractivity contribution >= 4 is 42.0 Å². The van der Waals surface area contributed by atoms with Gasteiger partial charge in [-0.25, -0.2) is 18.9 Å². The highest BCUT2D eigenvalue weighted by Crippen LogP contribution is 2.46. The van der Waals surface area contributed by atoms with E-state index in [1.54, 1.807) is 31.2 Å². The second-order valence-corrected chi connectivity index (χ2v) is 11.6. The molecule has 0 saturated heterocycles. The third kappa shape index (κ3) is 8.74. The molecule has 2 aromatic carbocycles. The average molecular weight is 644 g/mol. The molecule has 16 heteroatoms. The van der Waals surface area contributed by atoms with Crippen molar-refractivity contribution in [1.82, 2.24) is 25.2 Å². The lowest BCUT2D eigenvalue weighted by atomic mass is 9.93. The van der Waals surface area contributed by atoms with E-state index in [0.717, 1.165) is 19.3 Å². The summed E-state index contributed by atoms with van der Waals surface area (Å²) in [5.41, 5.74) is 1.49. The van der Waals surface area contributed by atoms with Gasteiger partial charge in [0.2, 0.25) is 5.91 Å². The van der Waals surface area contributed by atoms with E-state index >= 15 is 0 Å². The number of methoxy groups -OCH3 is 1. The third-order valence-electron chi connectivity index (χ3n) is 7.02. The zero-order chi connectivity index (χ0) is 31.8. The Morgan fingerprint density at radius 3 is 2.78 bits per heavy atom. The van der Waals surface area contributed by atoms with Crippen molar-refractivity contribution in [3.05, 3.63) is 60.3 Å². The minimum absolute atomic E-state index is 0.000602. The Morgan fingerprint density at radius 2 is 2.04 bits per heavy atom. The quantitative estimate of drug-likeness (QED) is 0.0723. The summed E-state index contributed by atoms with van der Waals surface area (Å²) in [5.74, 6) is 1.05. The number of hydroxylamine groups is 2. The van der Waals surface area contributed by atoms with Crippen LogP contribution in [0.5, 0.6) is 11.5 Å². The largest absolute Gasteiger partial charge is 0.493 e. The number of carbonyl (C=O) groups excluding carboxylic acids is 1. The molecule has 1 atom stereocenters. The molecule has 1 saturated carbocycles.